The Bertz CT molecular complexity index is 1220. The van der Waals surface area contributed by atoms with Gasteiger partial charge in [0.1, 0.15) is 18.1 Å². The summed E-state index contributed by atoms with van der Waals surface area (Å²) < 4.78 is 22.7. The molecule has 1 aliphatic heterocycles. The molecule has 0 N–H and O–H groups in total. The first kappa shape index (κ1) is 21.5. The van der Waals surface area contributed by atoms with E-state index in [1.165, 1.54) is 11.1 Å². The van der Waals surface area contributed by atoms with E-state index in [2.05, 4.69) is 32.0 Å². The van der Waals surface area contributed by atoms with Crippen LogP contribution in [0.15, 0.2) is 54.3 Å². The molecule has 32 heavy (non-hydrogen) atoms. The summed E-state index contributed by atoms with van der Waals surface area (Å²) in [5, 5.41) is 0. The van der Waals surface area contributed by atoms with Crippen LogP contribution in [0.5, 0.6) is 23.0 Å². The van der Waals surface area contributed by atoms with Crippen molar-refractivity contribution in [2.45, 2.75) is 27.4 Å². The lowest BCUT2D eigenvalue weighted by Gasteiger charge is -2.13. The van der Waals surface area contributed by atoms with Crippen molar-refractivity contribution in [1.29, 1.82) is 0 Å². The number of aryl methyl sites for hydroxylation is 2. The van der Waals surface area contributed by atoms with Gasteiger partial charge in [-0.25, -0.2) is 0 Å². The minimum atomic E-state index is -0.154. The van der Waals surface area contributed by atoms with E-state index in [9.17, 15) is 4.79 Å². The second kappa shape index (κ2) is 8.79. The van der Waals surface area contributed by atoms with E-state index in [0.717, 1.165) is 16.7 Å². The quantitative estimate of drug-likeness (QED) is 0.461. The van der Waals surface area contributed by atoms with E-state index >= 15 is 0 Å². The van der Waals surface area contributed by atoms with Gasteiger partial charge < -0.3 is 18.9 Å². The van der Waals surface area contributed by atoms with Gasteiger partial charge in [-0.15, -0.1) is 0 Å². The van der Waals surface area contributed by atoms with E-state index in [4.69, 9.17) is 18.9 Å². The van der Waals surface area contributed by atoms with Gasteiger partial charge in [-0.3, -0.25) is 4.79 Å². The first-order valence-corrected chi connectivity index (χ1v) is 10.4. The molecule has 0 radical (unpaired) electrons. The Morgan fingerprint density at radius 2 is 1.62 bits per heavy atom. The number of fused-ring (bicyclic) bond motifs is 1. The number of Topliss-reactive ketones (excluding diaryl/α,β-unsaturated/α-hetero) is 1. The number of hydrogen-bond donors (Lipinski definition) is 0. The van der Waals surface area contributed by atoms with E-state index in [1.54, 1.807) is 38.5 Å². The fraction of sp³-hybridized carbons (Fsp3) is 0.222. The van der Waals surface area contributed by atoms with Crippen LogP contribution in [0.2, 0.25) is 0 Å². The summed E-state index contributed by atoms with van der Waals surface area (Å²) in [5.41, 5.74) is 5.63. The van der Waals surface area contributed by atoms with Crippen LogP contribution < -0.4 is 18.9 Å². The van der Waals surface area contributed by atoms with Gasteiger partial charge >= 0.3 is 0 Å². The molecule has 0 fully saturated rings. The molecule has 1 heterocycles. The third-order valence-electron chi connectivity index (χ3n) is 5.63. The van der Waals surface area contributed by atoms with Crippen molar-refractivity contribution in [3.8, 4) is 23.0 Å². The molecule has 0 spiro atoms. The predicted molar refractivity (Wildman–Crippen MR) is 124 cm³/mol. The molecule has 164 valence electrons. The van der Waals surface area contributed by atoms with E-state index in [0.29, 0.717) is 35.2 Å². The Morgan fingerprint density at radius 3 is 2.38 bits per heavy atom. The van der Waals surface area contributed by atoms with E-state index < -0.39 is 0 Å². The van der Waals surface area contributed by atoms with Crippen LogP contribution >= 0.6 is 0 Å². The lowest BCUT2D eigenvalue weighted by Crippen LogP contribution is -2.00. The second-order valence-electron chi connectivity index (χ2n) is 7.84. The molecule has 0 amide bonds. The Kier molecular flexibility index (Phi) is 5.91. The SMILES string of the molecule is COc1ccc(/C=C2\Oc3c(ccc(OCc4cc(C)ccc4C)c3C)C2=O)cc1OC. The fourth-order valence-electron chi connectivity index (χ4n) is 3.73. The third kappa shape index (κ3) is 4.06. The molecule has 0 saturated heterocycles. The number of methoxy groups -OCH3 is 2. The molecule has 5 nitrogen and oxygen atoms in total. The van der Waals surface area contributed by atoms with Crippen LogP contribution in [-0.2, 0) is 6.61 Å². The maximum Gasteiger partial charge on any atom is 0.231 e. The number of ketones is 1. The molecule has 0 bridgehead atoms. The van der Waals surface area contributed by atoms with Gasteiger partial charge in [-0.2, -0.15) is 0 Å². The molecule has 1 aliphatic rings. The maximum absolute atomic E-state index is 12.9. The topological polar surface area (TPSA) is 54.0 Å². The van der Waals surface area contributed by atoms with Crippen molar-refractivity contribution >= 4 is 11.9 Å². The number of carbonyl (C=O) groups excluding carboxylic acids is 1. The van der Waals surface area contributed by atoms with E-state index in [1.807, 2.05) is 19.1 Å². The Morgan fingerprint density at radius 1 is 0.875 bits per heavy atom. The summed E-state index contributed by atoms with van der Waals surface area (Å²) >= 11 is 0. The molecular weight excluding hydrogens is 404 g/mol. The summed E-state index contributed by atoms with van der Waals surface area (Å²) in [6.45, 7) is 6.50. The van der Waals surface area contributed by atoms with Crippen LogP contribution in [0.4, 0.5) is 0 Å². The highest BCUT2D eigenvalue weighted by atomic mass is 16.5. The van der Waals surface area contributed by atoms with Crippen LogP contribution in [0, 0.1) is 20.8 Å². The Labute approximate surface area is 188 Å². The fourth-order valence-corrected chi connectivity index (χ4v) is 3.73. The molecule has 4 rings (SSSR count). The highest BCUT2D eigenvalue weighted by Crippen LogP contribution is 2.40. The van der Waals surface area contributed by atoms with Crippen molar-refractivity contribution in [2.24, 2.45) is 0 Å². The minimum Gasteiger partial charge on any atom is -0.493 e. The number of allylic oxidation sites excluding steroid dienone is 1. The van der Waals surface area contributed by atoms with Crippen molar-refractivity contribution in [1.82, 2.24) is 0 Å². The number of carbonyl (C=O) groups is 1. The number of rotatable bonds is 6. The van der Waals surface area contributed by atoms with Crippen molar-refractivity contribution in [2.75, 3.05) is 14.2 Å². The molecule has 0 atom stereocenters. The Balaban J connectivity index is 1.58. The highest BCUT2D eigenvalue weighted by molar-refractivity contribution is 6.15. The normalized spacial score (nSPS) is 13.7. The maximum atomic E-state index is 12.9. The minimum absolute atomic E-state index is 0.154. The van der Waals surface area contributed by atoms with Gasteiger partial charge in [-0.1, -0.05) is 29.8 Å². The van der Waals surface area contributed by atoms with Gasteiger partial charge in [0.2, 0.25) is 5.78 Å². The van der Waals surface area contributed by atoms with Gasteiger partial charge in [-0.05, 0) is 67.8 Å². The zero-order valence-corrected chi connectivity index (χ0v) is 18.9. The second-order valence-corrected chi connectivity index (χ2v) is 7.84. The number of benzene rings is 3. The molecular formula is C27H26O5. The van der Waals surface area contributed by atoms with Crippen molar-refractivity contribution in [3.05, 3.63) is 87.7 Å². The van der Waals surface area contributed by atoms with Gasteiger partial charge in [0, 0.05) is 5.56 Å². The molecule has 3 aromatic carbocycles. The van der Waals surface area contributed by atoms with Crippen LogP contribution in [-0.4, -0.2) is 20.0 Å². The van der Waals surface area contributed by atoms with Crippen LogP contribution in [0.3, 0.4) is 0 Å². The lowest BCUT2D eigenvalue weighted by molar-refractivity contribution is 0.101. The average Bonchev–Trinajstić information content (AvgIpc) is 3.11. The standard InChI is InChI=1S/C27H26O5/c1-16-6-7-17(2)20(12-16)15-31-22-11-9-21-26(28)25(32-27(21)18(22)3)14-19-8-10-23(29-4)24(13-19)30-5/h6-14H,15H2,1-5H3/b25-14-. The monoisotopic (exact) mass is 430 g/mol. The summed E-state index contributed by atoms with van der Waals surface area (Å²) in [7, 11) is 3.16. The van der Waals surface area contributed by atoms with Gasteiger partial charge in [0.25, 0.3) is 0 Å². The lowest BCUT2D eigenvalue weighted by atomic mass is 10.0. The number of ether oxygens (including phenoxy) is 4. The molecule has 0 unspecified atom stereocenters. The summed E-state index contributed by atoms with van der Waals surface area (Å²) in [6, 6.07) is 15.3. The molecule has 3 aromatic rings. The zero-order valence-electron chi connectivity index (χ0n) is 18.9. The number of hydrogen-bond acceptors (Lipinski definition) is 5. The Hall–Kier alpha value is -3.73. The van der Waals surface area contributed by atoms with Gasteiger partial charge in [0.15, 0.2) is 17.3 Å². The predicted octanol–water partition coefficient (Wildman–Crippen LogP) is 5.82. The first-order valence-electron chi connectivity index (χ1n) is 10.4. The van der Waals surface area contributed by atoms with Gasteiger partial charge in [0.05, 0.1) is 19.8 Å². The van der Waals surface area contributed by atoms with Crippen LogP contribution in [0.1, 0.15) is 38.2 Å². The summed E-state index contributed by atoms with van der Waals surface area (Å²) in [5.74, 6) is 2.56. The molecule has 0 saturated carbocycles. The smallest absolute Gasteiger partial charge is 0.231 e. The molecule has 0 aromatic heterocycles. The highest BCUT2D eigenvalue weighted by Gasteiger charge is 2.30. The van der Waals surface area contributed by atoms with Crippen LogP contribution in [0.25, 0.3) is 6.08 Å². The summed E-state index contributed by atoms with van der Waals surface area (Å²) in [6.07, 6.45) is 1.71. The molecule has 0 aliphatic carbocycles. The average molecular weight is 431 g/mol. The molecule has 5 heteroatoms. The zero-order chi connectivity index (χ0) is 22.8. The third-order valence-corrected chi connectivity index (χ3v) is 5.63. The van der Waals surface area contributed by atoms with Crippen molar-refractivity contribution < 1.29 is 23.7 Å². The van der Waals surface area contributed by atoms with Crippen molar-refractivity contribution in [3.63, 3.8) is 0 Å². The van der Waals surface area contributed by atoms with E-state index in [-0.39, 0.29) is 11.5 Å². The summed E-state index contributed by atoms with van der Waals surface area (Å²) in [4.78, 5) is 12.9. The largest absolute Gasteiger partial charge is 0.493 e. The first-order chi connectivity index (χ1) is 15.4.